The molecule has 2 unspecified atom stereocenters. The van der Waals surface area contributed by atoms with E-state index < -0.39 is 10.0 Å². The quantitative estimate of drug-likeness (QED) is 0.747. The number of carbonyl (C=O) groups excluding carboxylic acids is 1. The Morgan fingerprint density at radius 1 is 1.07 bits per heavy atom. The summed E-state index contributed by atoms with van der Waals surface area (Å²) in [6.45, 7) is 6.66. The van der Waals surface area contributed by atoms with E-state index in [2.05, 4.69) is 14.9 Å². The zero-order chi connectivity index (χ0) is 19.3. The number of carbonyl (C=O) groups is 1. The maximum Gasteiger partial charge on any atom is 0.243 e. The number of benzene rings is 1. The number of sulfonamides is 1. The van der Waals surface area contributed by atoms with Gasteiger partial charge in [0.2, 0.25) is 10.0 Å². The molecule has 1 aromatic heterocycles. The first kappa shape index (κ1) is 18.1. The fourth-order valence-corrected chi connectivity index (χ4v) is 5.78. The average Bonchev–Trinajstić information content (AvgIpc) is 2.63. The van der Waals surface area contributed by atoms with Crippen LogP contribution < -0.4 is 4.90 Å². The Bertz CT molecular complexity index is 992. The highest BCUT2D eigenvalue weighted by atomic mass is 32.2. The van der Waals surface area contributed by atoms with Gasteiger partial charge in [-0.2, -0.15) is 4.31 Å². The van der Waals surface area contributed by atoms with Crippen LogP contribution in [0.25, 0.3) is 0 Å². The summed E-state index contributed by atoms with van der Waals surface area (Å²) in [6.07, 6.45) is 2.42. The molecule has 2 aromatic rings. The largest absolute Gasteiger partial charge is 0.353 e. The fourth-order valence-electron chi connectivity index (χ4n) is 3.97. The number of aryl methyl sites for hydroxylation is 1. The molecule has 27 heavy (non-hydrogen) atoms. The summed E-state index contributed by atoms with van der Waals surface area (Å²) >= 11 is 0. The number of ketones is 1. The molecular formula is C19H22N4O3S. The molecule has 0 spiro atoms. The maximum atomic E-state index is 13.1. The molecule has 4 heterocycles. The van der Waals surface area contributed by atoms with E-state index in [9.17, 15) is 13.2 Å². The molecule has 0 radical (unpaired) electrons. The minimum atomic E-state index is -3.57. The third kappa shape index (κ3) is 2.93. The van der Waals surface area contributed by atoms with E-state index >= 15 is 0 Å². The van der Waals surface area contributed by atoms with Crippen LogP contribution in [-0.4, -0.2) is 53.6 Å². The number of piperazine rings is 1. The lowest BCUT2D eigenvalue weighted by molar-refractivity contribution is 0.0873. The van der Waals surface area contributed by atoms with Gasteiger partial charge in [-0.3, -0.25) is 4.79 Å². The van der Waals surface area contributed by atoms with E-state index in [0.717, 1.165) is 23.5 Å². The number of Topliss-reactive ketones (excluding diaryl/α,β-unsaturated/α-hetero) is 1. The fraction of sp³-hybridized carbons (Fsp3) is 0.421. The molecule has 0 saturated carbocycles. The first-order valence-electron chi connectivity index (χ1n) is 8.96. The van der Waals surface area contributed by atoms with Crippen molar-refractivity contribution in [2.45, 2.75) is 44.2 Å². The van der Waals surface area contributed by atoms with Crippen molar-refractivity contribution in [2.24, 2.45) is 0 Å². The lowest BCUT2D eigenvalue weighted by atomic mass is 9.91. The summed E-state index contributed by atoms with van der Waals surface area (Å²) in [4.78, 5) is 22.4. The Balaban J connectivity index is 1.56. The molecule has 142 valence electrons. The van der Waals surface area contributed by atoms with Gasteiger partial charge in [-0.05, 0) is 39.3 Å². The first-order chi connectivity index (χ1) is 12.8. The van der Waals surface area contributed by atoms with Gasteiger partial charge in [0.05, 0.1) is 4.90 Å². The van der Waals surface area contributed by atoms with Crippen molar-refractivity contribution in [1.82, 2.24) is 14.3 Å². The lowest BCUT2D eigenvalue weighted by Gasteiger charge is -2.55. The number of hydrogen-bond acceptors (Lipinski definition) is 6. The van der Waals surface area contributed by atoms with Gasteiger partial charge < -0.3 is 4.90 Å². The third-order valence-electron chi connectivity index (χ3n) is 5.57. The summed E-state index contributed by atoms with van der Waals surface area (Å²) in [7, 11) is -3.57. The van der Waals surface area contributed by atoms with Crippen LogP contribution in [0.5, 0.6) is 0 Å². The Morgan fingerprint density at radius 2 is 1.70 bits per heavy atom. The van der Waals surface area contributed by atoms with Crippen molar-refractivity contribution >= 4 is 21.6 Å². The van der Waals surface area contributed by atoms with Crippen molar-refractivity contribution in [3.05, 3.63) is 47.4 Å². The van der Waals surface area contributed by atoms with Gasteiger partial charge in [-0.15, -0.1) is 0 Å². The average molecular weight is 386 g/mol. The van der Waals surface area contributed by atoms with Gasteiger partial charge in [-0.25, -0.2) is 18.4 Å². The molecule has 8 heteroatoms. The molecule has 3 fully saturated rings. The van der Waals surface area contributed by atoms with Crippen molar-refractivity contribution < 1.29 is 13.2 Å². The minimum Gasteiger partial charge on any atom is -0.353 e. The van der Waals surface area contributed by atoms with E-state index in [0.29, 0.717) is 18.7 Å². The van der Waals surface area contributed by atoms with Gasteiger partial charge in [0.15, 0.2) is 5.78 Å². The van der Waals surface area contributed by atoms with E-state index in [1.165, 1.54) is 19.1 Å². The highest BCUT2D eigenvalue weighted by Gasteiger charge is 2.51. The Labute approximate surface area is 159 Å². The van der Waals surface area contributed by atoms with E-state index in [1.54, 1.807) is 22.8 Å². The van der Waals surface area contributed by atoms with Gasteiger partial charge in [0.1, 0.15) is 12.1 Å². The molecule has 3 aliphatic rings. The number of nitrogens with zero attached hydrogens (tertiary/aromatic N) is 4. The van der Waals surface area contributed by atoms with Crippen LogP contribution in [-0.2, 0) is 10.0 Å². The molecule has 1 aromatic carbocycles. The molecule has 0 aliphatic carbocycles. The van der Waals surface area contributed by atoms with E-state index in [4.69, 9.17) is 0 Å². The zero-order valence-corrected chi connectivity index (χ0v) is 16.4. The Kier molecular flexibility index (Phi) is 4.27. The number of hydrogen-bond donors (Lipinski definition) is 0. The first-order valence-corrected chi connectivity index (χ1v) is 10.4. The van der Waals surface area contributed by atoms with Crippen molar-refractivity contribution in [1.29, 1.82) is 0 Å². The number of fused-ring (bicyclic) bond motifs is 2. The van der Waals surface area contributed by atoms with Gasteiger partial charge in [0, 0.05) is 42.0 Å². The SMILES string of the molecule is CC(=O)c1ccc(S(=O)(=O)N2C3CC2CN(c2ncnc(C)c2C)C3)cc1. The van der Waals surface area contributed by atoms with Gasteiger partial charge in [-0.1, -0.05) is 12.1 Å². The van der Waals surface area contributed by atoms with Crippen LogP contribution in [0, 0.1) is 13.8 Å². The van der Waals surface area contributed by atoms with Crippen LogP contribution in [0.2, 0.25) is 0 Å². The van der Waals surface area contributed by atoms with Crippen molar-refractivity contribution in [2.75, 3.05) is 18.0 Å². The number of aromatic nitrogens is 2. The van der Waals surface area contributed by atoms with Gasteiger partial charge in [0.25, 0.3) is 0 Å². The normalized spacial score (nSPS) is 22.4. The summed E-state index contributed by atoms with van der Waals surface area (Å²) < 4.78 is 27.8. The monoisotopic (exact) mass is 386 g/mol. The van der Waals surface area contributed by atoms with Crippen LogP contribution in [0.15, 0.2) is 35.5 Å². The van der Waals surface area contributed by atoms with Gasteiger partial charge >= 0.3 is 0 Å². The number of rotatable bonds is 4. The number of anilines is 1. The Hall–Kier alpha value is -2.32. The molecule has 0 N–H and O–H groups in total. The highest BCUT2D eigenvalue weighted by Crippen LogP contribution is 2.39. The van der Waals surface area contributed by atoms with Crippen LogP contribution in [0.1, 0.15) is 35.0 Å². The van der Waals surface area contributed by atoms with Crippen molar-refractivity contribution in [3.63, 3.8) is 0 Å². The topological polar surface area (TPSA) is 83.5 Å². The molecule has 7 nitrogen and oxygen atoms in total. The second-order valence-corrected chi connectivity index (χ2v) is 9.11. The molecule has 0 amide bonds. The smallest absolute Gasteiger partial charge is 0.243 e. The predicted octanol–water partition coefficient (Wildman–Crippen LogP) is 1.95. The van der Waals surface area contributed by atoms with Crippen molar-refractivity contribution in [3.8, 4) is 0 Å². The minimum absolute atomic E-state index is 0.0593. The zero-order valence-electron chi connectivity index (χ0n) is 15.6. The maximum absolute atomic E-state index is 13.1. The predicted molar refractivity (Wildman–Crippen MR) is 101 cm³/mol. The summed E-state index contributed by atoms with van der Waals surface area (Å²) in [5.74, 6) is 0.811. The molecule has 3 saturated heterocycles. The third-order valence-corrected chi connectivity index (χ3v) is 7.59. The summed E-state index contributed by atoms with van der Waals surface area (Å²) in [5.41, 5.74) is 2.49. The van der Waals surface area contributed by atoms with Crippen LogP contribution in [0.3, 0.4) is 0 Å². The molecule has 5 rings (SSSR count). The lowest BCUT2D eigenvalue weighted by Crippen LogP contribution is -2.70. The molecular weight excluding hydrogens is 364 g/mol. The molecule has 2 bridgehead atoms. The van der Waals surface area contributed by atoms with Crippen LogP contribution >= 0.6 is 0 Å². The molecule has 3 aliphatic heterocycles. The van der Waals surface area contributed by atoms with Crippen LogP contribution in [0.4, 0.5) is 5.82 Å². The second-order valence-electron chi connectivity index (χ2n) is 7.27. The van der Waals surface area contributed by atoms with E-state index in [-0.39, 0.29) is 22.8 Å². The Morgan fingerprint density at radius 3 is 2.30 bits per heavy atom. The molecule has 2 atom stereocenters. The summed E-state index contributed by atoms with van der Waals surface area (Å²) in [6, 6.07) is 6.08. The highest BCUT2D eigenvalue weighted by molar-refractivity contribution is 7.89. The standard InChI is InChI=1S/C19H22N4O3S/c1-12-13(2)20-11-21-19(12)22-9-16-8-17(10-22)23(16)27(25,26)18-6-4-15(5-7-18)14(3)24/h4-7,11,16-17H,8-10H2,1-3H3. The summed E-state index contributed by atoms with van der Waals surface area (Å²) in [5, 5.41) is 0. The van der Waals surface area contributed by atoms with E-state index in [1.807, 2.05) is 13.8 Å². The second kappa shape index (κ2) is 6.38. The number of piperidine rings is 1.